The molecule has 0 unspecified atom stereocenters. The number of primary amides is 1. The quantitative estimate of drug-likeness (QED) is 0.394. The Hall–Kier alpha value is -3.90. The molecule has 0 bridgehead atoms. The number of aliphatic imine (C=N–C) groups is 1. The molecule has 4 aromatic rings. The van der Waals surface area contributed by atoms with E-state index >= 15 is 0 Å². The van der Waals surface area contributed by atoms with Crippen LogP contribution in [0.25, 0.3) is 10.9 Å². The van der Waals surface area contributed by atoms with Gasteiger partial charge in [-0.25, -0.2) is 4.99 Å². The molecule has 0 spiro atoms. The molecular formula is C23H20N4O2. The molecule has 0 saturated heterocycles. The number of nitrogens with zero attached hydrogens (tertiary/aromatic N) is 1. The van der Waals surface area contributed by atoms with Crippen molar-refractivity contribution in [2.75, 3.05) is 0 Å². The molecule has 144 valence electrons. The minimum Gasteiger partial charge on any atom is -0.494 e. The Morgan fingerprint density at radius 1 is 0.966 bits per heavy atom. The van der Waals surface area contributed by atoms with Gasteiger partial charge in [0.15, 0.2) is 5.88 Å². The molecule has 6 nitrogen and oxygen atoms in total. The summed E-state index contributed by atoms with van der Waals surface area (Å²) in [6.45, 7) is 0.415. The van der Waals surface area contributed by atoms with Crippen LogP contribution in [0.4, 0.5) is 5.69 Å². The predicted molar refractivity (Wildman–Crippen MR) is 115 cm³/mol. The first-order valence-corrected chi connectivity index (χ1v) is 9.15. The molecule has 3 aromatic carbocycles. The van der Waals surface area contributed by atoms with E-state index in [1.807, 2.05) is 54.6 Å². The number of nitrogens with one attached hydrogen (secondary N) is 1. The summed E-state index contributed by atoms with van der Waals surface area (Å²) < 4.78 is 0. The largest absolute Gasteiger partial charge is 0.494 e. The summed E-state index contributed by atoms with van der Waals surface area (Å²) >= 11 is 0. The SMILES string of the molecule is NCc1cccc(N=C(c2ccccc2)c2c(O)[nH]c3cc(C(N)=O)ccc23)c1. The van der Waals surface area contributed by atoms with Crippen molar-refractivity contribution >= 4 is 28.2 Å². The highest BCUT2D eigenvalue weighted by molar-refractivity contribution is 6.22. The monoisotopic (exact) mass is 384 g/mol. The average Bonchev–Trinajstić information content (AvgIpc) is 3.07. The van der Waals surface area contributed by atoms with Crippen LogP contribution >= 0.6 is 0 Å². The molecule has 0 fully saturated rings. The number of amides is 1. The van der Waals surface area contributed by atoms with E-state index in [2.05, 4.69) is 4.98 Å². The lowest BCUT2D eigenvalue weighted by Gasteiger charge is -2.08. The second-order valence-electron chi connectivity index (χ2n) is 6.67. The molecule has 0 aliphatic heterocycles. The van der Waals surface area contributed by atoms with Gasteiger partial charge in [0.05, 0.1) is 17.0 Å². The fourth-order valence-corrected chi connectivity index (χ4v) is 3.32. The van der Waals surface area contributed by atoms with E-state index in [1.54, 1.807) is 18.2 Å². The smallest absolute Gasteiger partial charge is 0.248 e. The number of benzene rings is 3. The van der Waals surface area contributed by atoms with Gasteiger partial charge in [-0.1, -0.05) is 48.5 Å². The molecule has 0 atom stereocenters. The van der Waals surface area contributed by atoms with Gasteiger partial charge in [-0.05, 0) is 29.8 Å². The topological polar surface area (TPSA) is 117 Å². The van der Waals surface area contributed by atoms with Crippen molar-refractivity contribution in [1.82, 2.24) is 4.98 Å². The number of aromatic nitrogens is 1. The minimum atomic E-state index is -0.530. The van der Waals surface area contributed by atoms with Crippen molar-refractivity contribution in [3.8, 4) is 5.88 Å². The van der Waals surface area contributed by atoms with Gasteiger partial charge in [-0.15, -0.1) is 0 Å². The van der Waals surface area contributed by atoms with E-state index in [9.17, 15) is 9.90 Å². The molecule has 0 aliphatic carbocycles. The predicted octanol–water partition coefficient (Wildman–Crippen LogP) is 3.60. The third-order valence-corrected chi connectivity index (χ3v) is 4.73. The number of carbonyl (C=O) groups is 1. The number of aromatic hydroxyl groups is 1. The normalized spacial score (nSPS) is 11.7. The van der Waals surface area contributed by atoms with Crippen LogP contribution in [-0.4, -0.2) is 21.7 Å². The van der Waals surface area contributed by atoms with Gasteiger partial charge in [0.2, 0.25) is 5.91 Å². The Morgan fingerprint density at radius 3 is 2.48 bits per heavy atom. The molecule has 1 aromatic heterocycles. The number of rotatable bonds is 5. The third-order valence-electron chi connectivity index (χ3n) is 4.73. The third kappa shape index (κ3) is 3.61. The Balaban J connectivity index is 1.96. The summed E-state index contributed by atoms with van der Waals surface area (Å²) in [4.78, 5) is 19.3. The van der Waals surface area contributed by atoms with Crippen molar-refractivity contribution in [2.45, 2.75) is 6.54 Å². The zero-order chi connectivity index (χ0) is 20.4. The number of H-pyrrole nitrogens is 1. The summed E-state index contributed by atoms with van der Waals surface area (Å²) in [6.07, 6.45) is 0. The molecular weight excluding hydrogens is 364 g/mol. The van der Waals surface area contributed by atoms with E-state index in [4.69, 9.17) is 16.5 Å². The molecule has 6 N–H and O–H groups in total. The van der Waals surface area contributed by atoms with Crippen molar-refractivity contribution in [2.24, 2.45) is 16.5 Å². The van der Waals surface area contributed by atoms with Gasteiger partial charge in [0.25, 0.3) is 0 Å². The van der Waals surface area contributed by atoms with Crippen LogP contribution in [-0.2, 0) is 6.54 Å². The van der Waals surface area contributed by atoms with Gasteiger partial charge in [0, 0.05) is 28.6 Å². The average molecular weight is 384 g/mol. The number of aromatic amines is 1. The molecule has 6 heteroatoms. The maximum Gasteiger partial charge on any atom is 0.248 e. The zero-order valence-electron chi connectivity index (χ0n) is 15.6. The number of nitrogens with two attached hydrogens (primary N) is 2. The first-order chi connectivity index (χ1) is 14.1. The Labute approximate surface area is 167 Å². The standard InChI is InChI=1S/C23H20N4O2/c24-13-14-5-4-8-17(11-14)26-21(15-6-2-1-3-7-15)20-18-10-9-16(22(25)28)12-19(18)27-23(20)29/h1-12,27,29H,13,24H2,(H2,25,28). The summed E-state index contributed by atoms with van der Waals surface area (Å²) in [5.74, 6) is -0.558. The lowest BCUT2D eigenvalue weighted by molar-refractivity contribution is 0.100. The first kappa shape index (κ1) is 18.5. The highest BCUT2D eigenvalue weighted by atomic mass is 16.3. The molecule has 29 heavy (non-hydrogen) atoms. The number of carbonyl (C=O) groups excluding carboxylic acids is 1. The van der Waals surface area contributed by atoms with Crippen LogP contribution < -0.4 is 11.5 Å². The molecule has 0 saturated carbocycles. The van der Waals surface area contributed by atoms with Crippen LogP contribution in [0.2, 0.25) is 0 Å². The van der Waals surface area contributed by atoms with Crippen LogP contribution in [0.5, 0.6) is 5.88 Å². The number of fused-ring (bicyclic) bond motifs is 1. The fourth-order valence-electron chi connectivity index (χ4n) is 3.32. The number of hydrogen-bond donors (Lipinski definition) is 4. The molecule has 1 heterocycles. The summed E-state index contributed by atoms with van der Waals surface area (Å²) in [5.41, 5.74) is 15.8. The highest BCUT2D eigenvalue weighted by Gasteiger charge is 2.19. The second kappa shape index (κ2) is 7.61. The maximum atomic E-state index is 11.5. The van der Waals surface area contributed by atoms with Crippen molar-refractivity contribution < 1.29 is 9.90 Å². The molecule has 0 aliphatic rings. The highest BCUT2D eigenvalue weighted by Crippen LogP contribution is 2.32. The van der Waals surface area contributed by atoms with Crippen molar-refractivity contribution in [3.05, 3.63) is 95.1 Å². The lowest BCUT2D eigenvalue weighted by Crippen LogP contribution is -2.10. The van der Waals surface area contributed by atoms with Crippen molar-refractivity contribution in [1.29, 1.82) is 0 Å². The Kier molecular flexibility index (Phi) is 4.85. The second-order valence-corrected chi connectivity index (χ2v) is 6.67. The van der Waals surface area contributed by atoms with E-state index in [-0.39, 0.29) is 5.88 Å². The van der Waals surface area contributed by atoms with Gasteiger partial charge >= 0.3 is 0 Å². The maximum absolute atomic E-state index is 11.5. The fraction of sp³-hybridized carbons (Fsp3) is 0.0435. The summed E-state index contributed by atoms with van der Waals surface area (Å²) in [5, 5.41) is 11.4. The van der Waals surface area contributed by atoms with Crippen molar-refractivity contribution in [3.63, 3.8) is 0 Å². The van der Waals surface area contributed by atoms with Gasteiger partial charge in [-0.3, -0.25) is 4.79 Å². The van der Waals surface area contributed by atoms with Gasteiger partial charge < -0.3 is 21.6 Å². The molecule has 4 rings (SSSR count). The lowest BCUT2D eigenvalue weighted by atomic mass is 10.00. The van der Waals surface area contributed by atoms with E-state index in [0.29, 0.717) is 28.9 Å². The molecule has 1 amide bonds. The number of hydrogen-bond acceptors (Lipinski definition) is 4. The minimum absolute atomic E-state index is 0.0285. The van der Waals surface area contributed by atoms with E-state index in [0.717, 1.165) is 22.2 Å². The van der Waals surface area contributed by atoms with Crippen LogP contribution in [0.1, 0.15) is 27.0 Å². The molecule has 0 radical (unpaired) electrons. The van der Waals surface area contributed by atoms with Crippen LogP contribution in [0, 0.1) is 0 Å². The van der Waals surface area contributed by atoms with E-state index in [1.165, 1.54) is 0 Å². The van der Waals surface area contributed by atoms with Gasteiger partial charge in [-0.2, -0.15) is 0 Å². The van der Waals surface area contributed by atoms with E-state index < -0.39 is 5.91 Å². The van der Waals surface area contributed by atoms with Crippen LogP contribution in [0.15, 0.2) is 77.8 Å². The van der Waals surface area contributed by atoms with Gasteiger partial charge in [0.1, 0.15) is 0 Å². The van der Waals surface area contributed by atoms with Crippen LogP contribution in [0.3, 0.4) is 0 Å². The Morgan fingerprint density at radius 2 is 1.76 bits per heavy atom. The Bertz CT molecular complexity index is 1230. The zero-order valence-corrected chi connectivity index (χ0v) is 15.6. The summed E-state index contributed by atoms with van der Waals surface area (Å²) in [7, 11) is 0. The summed E-state index contributed by atoms with van der Waals surface area (Å²) in [6, 6.07) is 22.3. The first-order valence-electron chi connectivity index (χ1n) is 9.15.